The zero-order valence-electron chi connectivity index (χ0n) is 13.8. The summed E-state index contributed by atoms with van der Waals surface area (Å²) >= 11 is 0. The minimum Gasteiger partial charge on any atom is -0.494 e. The lowest BCUT2D eigenvalue weighted by Gasteiger charge is -2.16. The quantitative estimate of drug-likeness (QED) is 0.710. The maximum atomic E-state index is 11.4. The van der Waals surface area contributed by atoms with E-state index in [0.717, 1.165) is 36.3 Å². The first-order valence-corrected chi connectivity index (χ1v) is 8.48. The highest BCUT2D eigenvalue weighted by Crippen LogP contribution is 2.44. The van der Waals surface area contributed by atoms with Crippen molar-refractivity contribution in [3.8, 4) is 5.75 Å². The Morgan fingerprint density at radius 3 is 2.65 bits per heavy atom. The third-order valence-electron chi connectivity index (χ3n) is 4.61. The summed E-state index contributed by atoms with van der Waals surface area (Å²) < 4.78 is 10.5. The molecule has 0 aromatic heterocycles. The molecular formula is C18H26N2O3. The molecular weight excluding hydrogens is 292 g/mol. The zero-order valence-corrected chi connectivity index (χ0v) is 13.8. The Hall–Kier alpha value is -1.59. The van der Waals surface area contributed by atoms with E-state index in [-0.39, 0.29) is 12.5 Å². The molecule has 5 nitrogen and oxygen atoms in total. The summed E-state index contributed by atoms with van der Waals surface area (Å²) in [5.41, 5.74) is 0.756. The molecule has 2 atom stereocenters. The van der Waals surface area contributed by atoms with Crippen molar-refractivity contribution in [3.05, 3.63) is 24.3 Å². The second-order valence-corrected chi connectivity index (χ2v) is 6.58. The number of likely N-dealkylation sites (tertiary alicyclic amines) is 1. The van der Waals surface area contributed by atoms with Crippen LogP contribution in [-0.2, 0) is 9.53 Å². The Bertz CT molecular complexity index is 508. The predicted octanol–water partition coefficient (Wildman–Crippen LogP) is 2.38. The molecule has 1 saturated heterocycles. The highest BCUT2D eigenvalue weighted by atomic mass is 16.5. The zero-order chi connectivity index (χ0) is 16.1. The van der Waals surface area contributed by atoms with Crippen molar-refractivity contribution in [2.24, 2.45) is 11.8 Å². The van der Waals surface area contributed by atoms with Crippen LogP contribution in [0.2, 0.25) is 0 Å². The number of piperidine rings is 1. The van der Waals surface area contributed by atoms with E-state index in [4.69, 9.17) is 9.47 Å². The molecule has 1 aliphatic carbocycles. The number of unbranched alkanes of at least 4 members (excludes halogenated alkanes) is 1. The van der Waals surface area contributed by atoms with Crippen LogP contribution in [0.4, 0.5) is 5.69 Å². The van der Waals surface area contributed by atoms with Crippen LogP contribution >= 0.6 is 0 Å². The van der Waals surface area contributed by atoms with Gasteiger partial charge < -0.3 is 19.7 Å². The summed E-state index contributed by atoms with van der Waals surface area (Å²) in [6, 6.07) is 7.46. The standard InChI is InChI=1S/C18H26N2O3/c1-22-13-18(21)19-16-4-6-17(7-5-16)23-9-3-2-8-20-11-14-10-15(14)12-20/h4-7,14-15H,2-3,8-13H2,1H3,(H,19,21). The monoisotopic (exact) mass is 318 g/mol. The minimum atomic E-state index is -0.152. The van der Waals surface area contributed by atoms with Crippen molar-refractivity contribution >= 4 is 11.6 Å². The van der Waals surface area contributed by atoms with Gasteiger partial charge >= 0.3 is 0 Å². The van der Waals surface area contributed by atoms with Gasteiger partial charge in [-0.25, -0.2) is 0 Å². The Labute approximate surface area is 137 Å². The van der Waals surface area contributed by atoms with E-state index >= 15 is 0 Å². The second kappa shape index (κ2) is 7.79. The molecule has 23 heavy (non-hydrogen) atoms. The Morgan fingerprint density at radius 1 is 1.22 bits per heavy atom. The van der Waals surface area contributed by atoms with Gasteiger partial charge in [0.1, 0.15) is 12.4 Å². The fourth-order valence-corrected chi connectivity index (χ4v) is 3.27. The summed E-state index contributed by atoms with van der Waals surface area (Å²) in [7, 11) is 1.50. The second-order valence-electron chi connectivity index (χ2n) is 6.58. The number of rotatable bonds is 9. The van der Waals surface area contributed by atoms with Gasteiger partial charge in [0.25, 0.3) is 0 Å². The molecule has 1 aromatic carbocycles. The number of fused-ring (bicyclic) bond motifs is 1. The van der Waals surface area contributed by atoms with Gasteiger partial charge in [-0.05, 0) is 61.9 Å². The molecule has 1 saturated carbocycles. The fourth-order valence-electron chi connectivity index (χ4n) is 3.27. The molecule has 2 aliphatic rings. The SMILES string of the molecule is COCC(=O)Nc1ccc(OCCCCN2CC3CC3C2)cc1. The smallest absolute Gasteiger partial charge is 0.250 e. The summed E-state index contributed by atoms with van der Waals surface area (Å²) in [5, 5.41) is 2.76. The Morgan fingerprint density at radius 2 is 1.96 bits per heavy atom. The number of ether oxygens (including phenoxy) is 2. The largest absolute Gasteiger partial charge is 0.494 e. The van der Waals surface area contributed by atoms with Gasteiger partial charge in [0.05, 0.1) is 6.61 Å². The summed E-state index contributed by atoms with van der Waals surface area (Å²) in [6.07, 6.45) is 3.75. The average molecular weight is 318 g/mol. The lowest BCUT2D eigenvalue weighted by atomic mass is 10.3. The number of nitrogens with one attached hydrogen (secondary N) is 1. The highest BCUT2D eigenvalue weighted by molar-refractivity contribution is 5.91. The van der Waals surface area contributed by atoms with Crippen LogP contribution in [0, 0.1) is 11.8 Å². The molecule has 1 amide bonds. The van der Waals surface area contributed by atoms with E-state index < -0.39 is 0 Å². The first kappa shape index (κ1) is 16.3. The van der Waals surface area contributed by atoms with E-state index in [1.807, 2.05) is 24.3 Å². The third-order valence-corrected chi connectivity index (χ3v) is 4.61. The molecule has 1 aromatic rings. The van der Waals surface area contributed by atoms with Crippen LogP contribution in [0.5, 0.6) is 5.75 Å². The molecule has 1 heterocycles. The van der Waals surface area contributed by atoms with Crippen molar-refractivity contribution < 1.29 is 14.3 Å². The molecule has 126 valence electrons. The summed E-state index contributed by atoms with van der Waals surface area (Å²) in [5.74, 6) is 2.74. The van der Waals surface area contributed by atoms with E-state index in [9.17, 15) is 4.79 Å². The molecule has 3 rings (SSSR count). The minimum absolute atomic E-state index is 0.0662. The third kappa shape index (κ3) is 4.94. The van der Waals surface area contributed by atoms with Crippen molar-refractivity contribution in [2.75, 3.05) is 45.3 Å². The van der Waals surface area contributed by atoms with Gasteiger partial charge in [-0.2, -0.15) is 0 Å². The number of hydrogen-bond acceptors (Lipinski definition) is 4. The number of benzene rings is 1. The van der Waals surface area contributed by atoms with Gasteiger partial charge in [0, 0.05) is 25.9 Å². The molecule has 0 bridgehead atoms. The maximum absolute atomic E-state index is 11.4. The van der Waals surface area contributed by atoms with Crippen LogP contribution in [0.3, 0.4) is 0 Å². The van der Waals surface area contributed by atoms with Crippen LogP contribution in [0.1, 0.15) is 19.3 Å². The lowest BCUT2D eigenvalue weighted by molar-refractivity contribution is -0.119. The number of amides is 1. The van der Waals surface area contributed by atoms with Gasteiger partial charge in [-0.15, -0.1) is 0 Å². The predicted molar refractivity (Wildman–Crippen MR) is 89.7 cm³/mol. The first-order chi connectivity index (χ1) is 11.2. The van der Waals surface area contributed by atoms with E-state index in [1.165, 1.54) is 39.6 Å². The molecule has 2 unspecified atom stereocenters. The molecule has 1 aliphatic heterocycles. The van der Waals surface area contributed by atoms with Gasteiger partial charge in [-0.1, -0.05) is 0 Å². The average Bonchev–Trinajstić information content (AvgIpc) is 3.15. The van der Waals surface area contributed by atoms with E-state index in [0.29, 0.717) is 0 Å². The normalized spacial score (nSPS) is 22.7. The number of carbonyl (C=O) groups excluding carboxylic acids is 1. The number of nitrogens with zero attached hydrogens (tertiary/aromatic N) is 1. The Balaban J connectivity index is 1.28. The fraction of sp³-hybridized carbons (Fsp3) is 0.611. The number of anilines is 1. The Kier molecular flexibility index (Phi) is 5.51. The molecule has 1 N–H and O–H groups in total. The number of carbonyl (C=O) groups is 1. The van der Waals surface area contributed by atoms with Crippen molar-refractivity contribution in [1.82, 2.24) is 4.90 Å². The molecule has 0 radical (unpaired) electrons. The van der Waals surface area contributed by atoms with Crippen LogP contribution in [-0.4, -0.2) is 50.8 Å². The van der Waals surface area contributed by atoms with E-state index in [2.05, 4.69) is 10.2 Å². The van der Waals surface area contributed by atoms with Crippen LogP contribution in [0.15, 0.2) is 24.3 Å². The number of methoxy groups -OCH3 is 1. The maximum Gasteiger partial charge on any atom is 0.250 e. The summed E-state index contributed by atoms with van der Waals surface area (Å²) in [4.78, 5) is 14.0. The molecule has 0 spiro atoms. The van der Waals surface area contributed by atoms with Crippen molar-refractivity contribution in [2.45, 2.75) is 19.3 Å². The van der Waals surface area contributed by atoms with Crippen molar-refractivity contribution in [1.29, 1.82) is 0 Å². The van der Waals surface area contributed by atoms with Gasteiger partial charge in [0.2, 0.25) is 5.91 Å². The van der Waals surface area contributed by atoms with E-state index in [1.54, 1.807) is 0 Å². The van der Waals surface area contributed by atoms with Crippen molar-refractivity contribution in [3.63, 3.8) is 0 Å². The number of hydrogen-bond donors (Lipinski definition) is 1. The van der Waals surface area contributed by atoms with Gasteiger partial charge in [-0.3, -0.25) is 4.79 Å². The molecule has 2 fully saturated rings. The summed E-state index contributed by atoms with van der Waals surface area (Å²) in [6.45, 7) is 4.66. The topological polar surface area (TPSA) is 50.8 Å². The molecule has 5 heteroatoms. The van der Waals surface area contributed by atoms with Crippen LogP contribution in [0.25, 0.3) is 0 Å². The lowest BCUT2D eigenvalue weighted by Crippen LogP contribution is -2.24. The van der Waals surface area contributed by atoms with Crippen LogP contribution < -0.4 is 10.1 Å². The highest BCUT2D eigenvalue weighted by Gasteiger charge is 2.44. The first-order valence-electron chi connectivity index (χ1n) is 8.48. The van der Waals surface area contributed by atoms with Gasteiger partial charge in [0.15, 0.2) is 0 Å².